The Balaban J connectivity index is 1.75. The summed E-state index contributed by atoms with van der Waals surface area (Å²) in [6, 6.07) is 6.18. The van der Waals surface area contributed by atoms with Crippen molar-refractivity contribution in [2.24, 2.45) is 0 Å². The molecule has 2 aromatic rings. The largest absolute Gasteiger partial charge is 0.471 e. The first-order chi connectivity index (χ1) is 17.8. The number of rotatable bonds is 8. The second-order valence-electron chi connectivity index (χ2n) is 7.64. The molecule has 0 saturated carbocycles. The van der Waals surface area contributed by atoms with Gasteiger partial charge in [0, 0.05) is 24.3 Å². The third kappa shape index (κ3) is 6.56. The third-order valence-electron chi connectivity index (χ3n) is 5.15. The van der Waals surface area contributed by atoms with E-state index >= 15 is 0 Å². The first-order valence-corrected chi connectivity index (χ1v) is 10.4. The van der Waals surface area contributed by atoms with Crippen molar-refractivity contribution in [3.05, 3.63) is 79.9 Å². The number of nitro benzene ring substituents is 2. The van der Waals surface area contributed by atoms with E-state index in [9.17, 15) is 52.9 Å². The maximum atomic E-state index is 12.9. The molecule has 14 nitrogen and oxygen atoms in total. The van der Waals surface area contributed by atoms with E-state index in [0.717, 1.165) is 48.5 Å². The average molecular weight is 543 g/mol. The van der Waals surface area contributed by atoms with Crippen LogP contribution in [0.5, 0.6) is 0 Å². The van der Waals surface area contributed by atoms with Crippen molar-refractivity contribution in [1.29, 1.82) is 0 Å². The number of nitrogens with zero attached hydrogens (tertiary/aromatic N) is 2. The fourth-order valence-corrected chi connectivity index (χ4v) is 3.28. The Morgan fingerprint density at radius 2 is 1.39 bits per heavy atom. The van der Waals surface area contributed by atoms with Crippen LogP contribution in [0.1, 0.15) is 20.7 Å². The van der Waals surface area contributed by atoms with Gasteiger partial charge in [0.25, 0.3) is 11.4 Å². The molecule has 38 heavy (non-hydrogen) atoms. The van der Waals surface area contributed by atoms with E-state index in [4.69, 9.17) is 14.2 Å². The van der Waals surface area contributed by atoms with Crippen molar-refractivity contribution in [3.63, 3.8) is 0 Å². The van der Waals surface area contributed by atoms with E-state index < -0.39 is 65.0 Å². The van der Waals surface area contributed by atoms with E-state index in [1.807, 2.05) is 0 Å². The van der Waals surface area contributed by atoms with Gasteiger partial charge in [-0.2, -0.15) is 13.2 Å². The van der Waals surface area contributed by atoms with Gasteiger partial charge >= 0.3 is 24.0 Å². The van der Waals surface area contributed by atoms with E-state index in [1.165, 1.54) is 5.32 Å². The number of alkyl halides is 3. The van der Waals surface area contributed by atoms with E-state index in [0.29, 0.717) is 0 Å². The van der Waals surface area contributed by atoms with Crippen LogP contribution in [0.2, 0.25) is 0 Å². The molecule has 1 aliphatic heterocycles. The summed E-state index contributed by atoms with van der Waals surface area (Å²) in [6.45, 7) is -0.832. The average Bonchev–Trinajstić information content (AvgIpc) is 3.15. The van der Waals surface area contributed by atoms with Crippen molar-refractivity contribution in [1.82, 2.24) is 5.32 Å². The van der Waals surface area contributed by atoms with Crippen LogP contribution in [0.3, 0.4) is 0 Å². The molecule has 0 unspecified atom stereocenters. The monoisotopic (exact) mass is 543 g/mol. The highest BCUT2D eigenvalue weighted by Gasteiger charge is 2.51. The first-order valence-electron chi connectivity index (χ1n) is 10.4. The van der Waals surface area contributed by atoms with Crippen molar-refractivity contribution >= 4 is 29.2 Å². The molecular weight excluding hydrogens is 527 g/mol. The maximum absolute atomic E-state index is 12.9. The molecule has 202 valence electrons. The third-order valence-corrected chi connectivity index (χ3v) is 5.15. The molecule has 1 amide bonds. The van der Waals surface area contributed by atoms with Gasteiger partial charge in [0.15, 0.2) is 12.4 Å². The topological polar surface area (TPSA) is 197 Å². The predicted molar refractivity (Wildman–Crippen MR) is 115 cm³/mol. The zero-order chi connectivity index (χ0) is 28.2. The van der Waals surface area contributed by atoms with Gasteiger partial charge in [0.2, 0.25) is 0 Å². The number of nitrogens with one attached hydrogen (secondary N) is 1. The lowest BCUT2D eigenvalue weighted by atomic mass is 10.1. The van der Waals surface area contributed by atoms with Crippen LogP contribution in [0.25, 0.3) is 0 Å². The fourth-order valence-electron chi connectivity index (χ4n) is 3.28. The molecule has 1 heterocycles. The highest BCUT2D eigenvalue weighted by atomic mass is 19.4. The normalized spacial score (nSPS) is 20.8. The van der Waals surface area contributed by atoms with Crippen molar-refractivity contribution < 1.29 is 56.7 Å². The number of hydrogen-bond acceptors (Lipinski definition) is 11. The molecule has 0 bridgehead atoms. The number of non-ortho nitro benzene ring substituents is 2. The number of ether oxygens (including phenoxy) is 3. The molecule has 4 atom stereocenters. The molecule has 2 aromatic carbocycles. The lowest BCUT2D eigenvalue weighted by Crippen LogP contribution is -2.53. The number of nitro groups is 2. The first kappa shape index (κ1) is 27.9. The fraction of sp³-hybridized carbons (Fsp3) is 0.286. The van der Waals surface area contributed by atoms with Crippen LogP contribution in [-0.2, 0) is 19.0 Å². The summed E-state index contributed by atoms with van der Waals surface area (Å²) in [5, 5.41) is 33.2. The van der Waals surface area contributed by atoms with Crippen LogP contribution in [0.4, 0.5) is 24.5 Å². The van der Waals surface area contributed by atoms with Crippen LogP contribution < -0.4 is 5.32 Å². The number of hydrogen-bond donors (Lipinski definition) is 2. The molecule has 1 fully saturated rings. The molecule has 0 aromatic heterocycles. The summed E-state index contributed by atoms with van der Waals surface area (Å²) in [4.78, 5) is 56.3. The van der Waals surface area contributed by atoms with Crippen LogP contribution in [0, 0.1) is 20.2 Å². The lowest BCUT2D eigenvalue weighted by molar-refractivity contribution is -0.385. The molecule has 1 saturated heterocycles. The minimum atomic E-state index is -5.37. The molecule has 0 spiro atoms. The quantitative estimate of drug-likeness (QED) is 0.279. The summed E-state index contributed by atoms with van der Waals surface area (Å²) in [6.07, 6.45) is -11.0. The molecule has 0 aliphatic carbocycles. The Bertz CT molecular complexity index is 1240. The van der Waals surface area contributed by atoms with Gasteiger partial charge < -0.3 is 24.6 Å². The van der Waals surface area contributed by atoms with Gasteiger partial charge in [0.05, 0.1) is 21.0 Å². The number of carbonyl (C=O) groups excluding carboxylic acids is 3. The SMILES string of the molecule is O=C(OC[C@H]1O[C@@H](O)[C@H](OC(=O)c2ccc([N+](=O)[O-])cc2)[C@@H]1NC(=O)C(F)(F)F)c1ccc([N+](=O)[O-])cc1. The van der Waals surface area contributed by atoms with E-state index in [1.54, 1.807) is 0 Å². The predicted octanol–water partition coefficient (Wildman–Crippen LogP) is 1.65. The van der Waals surface area contributed by atoms with Gasteiger partial charge in [-0.25, -0.2) is 9.59 Å². The van der Waals surface area contributed by atoms with E-state index in [2.05, 4.69) is 0 Å². The van der Waals surface area contributed by atoms with Gasteiger partial charge in [-0.1, -0.05) is 0 Å². The van der Waals surface area contributed by atoms with Crippen molar-refractivity contribution in [3.8, 4) is 0 Å². The summed E-state index contributed by atoms with van der Waals surface area (Å²) in [5.41, 5.74) is -1.12. The summed E-state index contributed by atoms with van der Waals surface area (Å²) in [5.74, 6) is -4.75. The Morgan fingerprint density at radius 1 is 0.921 bits per heavy atom. The smallest absolute Gasteiger partial charge is 0.459 e. The highest BCUT2D eigenvalue weighted by Crippen LogP contribution is 2.27. The zero-order valence-electron chi connectivity index (χ0n) is 18.7. The summed E-state index contributed by atoms with van der Waals surface area (Å²) < 4.78 is 53.7. The lowest BCUT2D eigenvalue weighted by Gasteiger charge is -2.24. The molecule has 17 heteroatoms. The maximum Gasteiger partial charge on any atom is 0.471 e. The van der Waals surface area contributed by atoms with Crippen LogP contribution >= 0.6 is 0 Å². The molecular formula is C21H16F3N3O11. The number of halogens is 3. The minimum absolute atomic E-state index is 0.161. The number of esters is 2. The number of benzene rings is 2. The standard InChI is InChI=1S/C21H16F3N3O11/c22-21(23,24)20(31)25-15-14(9-36-17(28)10-1-5-12(6-2-10)26(32)33)37-19(30)16(15)38-18(29)11-3-7-13(8-4-11)27(34)35/h1-8,14-16,19,30H,9H2,(H,25,31)/t14-,15-,16-,19-/m1/s1. The van der Waals surface area contributed by atoms with E-state index in [-0.39, 0.29) is 22.5 Å². The van der Waals surface area contributed by atoms with Crippen LogP contribution in [0.15, 0.2) is 48.5 Å². The Morgan fingerprint density at radius 3 is 1.84 bits per heavy atom. The molecule has 1 aliphatic rings. The van der Waals surface area contributed by atoms with Gasteiger partial charge in [-0.05, 0) is 24.3 Å². The Labute approximate surface area is 209 Å². The van der Waals surface area contributed by atoms with Crippen LogP contribution in [-0.4, -0.2) is 70.1 Å². The van der Waals surface area contributed by atoms with Crippen molar-refractivity contribution in [2.45, 2.75) is 30.7 Å². The van der Waals surface area contributed by atoms with Gasteiger partial charge in [-0.15, -0.1) is 0 Å². The van der Waals surface area contributed by atoms with Gasteiger partial charge in [0.1, 0.15) is 18.8 Å². The van der Waals surface area contributed by atoms with Gasteiger partial charge in [-0.3, -0.25) is 25.0 Å². The molecule has 2 N–H and O–H groups in total. The second-order valence-corrected chi connectivity index (χ2v) is 7.64. The van der Waals surface area contributed by atoms with Crippen molar-refractivity contribution in [2.75, 3.05) is 6.61 Å². The summed E-state index contributed by atoms with van der Waals surface area (Å²) >= 11 is 0. The Kier molecular flexibility index (Phi) is 8.22. The minimum Gasteiger partial charge on any atom is -0.459 e. The number of aliphatic hydroxyl groups is 1. The number of carbonyl (C=O) groups is 3. The Hall–Kier alpha value is -4.64. The molecule has 0 radical (unpaired) electrons. The summed E-state index contributed by atoms with van der Waals surface area (Å²) in [7, 11) is 0. The highest BCUT2D eigenvalue weighted by molar-refractivity contribution is 5.90. The zero-order valence-corrected chi connectivity index (χ0v) is 18.7. The number of amides is 1. The second kappa shape index (κ2) is 11.2. The number of aliphatic hydroxyl groups excluding tert-OH is 1. The molecule has 3 rings (SSSR count).